The summed E-state index contributed by atoms with van der Waals surface area (Å²) in [7, 11) is 0. The van der Waals surface area contributed by atoms with Gasteiger partial charge in [-0.15, -0.1) is 0 Å². The van der Waals surface area contributed by atoms with E-state index in [1.54, 1.807) is 6.92 Å². The van der Waals surface area contributed by atoms with Crippen molar-refractivity contribution in [2.75, 3.05) is 6.54 Å². The van der Waals surface area contributed by atoms with Crippen LogP contribution in [0.15, 0.2) is 15.8 Å². The van der Waals surface area contributed by atoms with Gasteiger partial charge in [-0.1, -0.05) is 5.16 Å². The first-order valence-corrected chi connectivity index (χ1v) is 5.00. The van der Waals surface area contributed by atoms with Gasteiger partial charge in [0.25, 0.3) is 0 Å². The van der Waals surface area contributed by atoms with Crippen LogP contribution >= 0.6 is 0 Å². The largest absolute Gasteiger partial charge is 0.445 e. The Morgan fingerprint density at radius 3 is 2.78 bits per heavy atom. The molecule has 0 spiro atoms. The van der Waals surface area contributed by atoms with E-state index in [1.807, 2.05) is 0 Å². The predicted octanol–water partition coefficient (Wildman–Crippen LogP) is 0.998. The molecule has 1 rings (SSSR count). The van der Waals surface area contributed by atoms with Crippen LogP contribution in [0, 0.1) is 12.8 Å². The molecule has 0 aliphatic rings. The molecule has 0 fully saturated rings. The van der Waals surface area contributed by atoms with Gasteiger partial charge in [0.05, 0.1) is 12.7 Å². The number of amidine groups is 1. The average molecular weight is 266 g/mol. The third-order valence-electron chi connectivity index (χ3n) is 2.16. The van der Waals surface area contributed by atoms with Crippen LogP contribution in [0.4, 0.5) is 13.2 Å². The molecule has 0 radical (unpaired) electrons. The summed E-state index contributed by atoms with van der Waals surface area (Å²) in [6.45, 7) is 1.17. The molecular formula is C9H13F3N4O2. The van der Waals surface area contributed by atoms with E-state index in [0.717, 1.165) is 0 Å². The van der Waals surface area contributed by atoms with Gasteiger partial charge in [0.1, 0.15) is 11.7 Å². The Kier molecular flexibility index (Phi) is 4.54. The number of hydrogen-bond acceptors (Lipinski definition) is 5. The van der Waals surface area contributed by atoms with Crippen molar-refractivity contribution in [3.63, 3.8) is 0 Å². The number of oxazole rings is 1. The minimum absolute atomic E-state index is 0.0269. The lowest BCUT2D eigenvalue weighted by molar-refractivity contribution is -0.155. The summed E-state index contributed by atoms with van der Waals surface area (Å²) >= 11 is 0. The van der Waals surface area contributed by atoms with E-state index in [9.17, 15) is 13.2 Å². The first-order valence-electron chi connectivity index (χ1n) is 5.00. The quantitative estimate of drug-likeness (QED) is 0.320. The van der Waals surface area contributed by atoms with Crippen LogP contribution in [0.5, 0.6) is 0 Å². The molecule has 0 aromatic carbocycles. The van der Waals surface area contributed by atoms with Gasteiger partial charge in [-0.25, -0.2) is 4.98 Å². The fourth-order valence-corrected chi connectivity index (χ4v) is 1.26. The summed E-state index contributed by atoms with van der Waals surface area (Å²) in [5.74, 6) is -2.11. The van der Waals surface area contributed by atoms with Crippen molar-refractivity contribution >= 4 is 5.84 Å². The molecular weight excluding hydrogens is 253 g/mol. The van der Waals surface area contributed by atoms with E-state index < -0.39 is 24.5 Å². The van der Waals surface area contributed by atoms with E-state index in [4.69, 9.17) is 15.4 Å². The van der Waals surface area contributed by atoms with Crippen LogP contribution in [0.1, 0.15) is 11.7 Å². The summed E-state index contributed by atoms with van der Waals surface area (Å²) in [6.07, 6.45) is -3.13. The number of nitrogens with zero attached hydrogens (tertiary/aromatic N) is 2. The van der Waals surface area contributed by atoms with Gasteiger partial charge in [-0.2, -0.15) is 13.2 Å². The molecule has 0 amide bonds. The SMILES string of the molecule is Cc1cnc(CNCC(C(N)=NO)C(F)(F)F)o1. The molecule has 1 aromatic rings. The van der Waals surface area contributed by atoms with E-state index in [1.165, 1.54) is 6.20 Å². The predicted molar refractivity (Wildman–Crippen MR) is 55.9 cm³/mol. The van der Waals surface area contributed by atoms with Crippen LogP contribution in [-0.4, -0.2) is 28.7 Å². The number of alkyl halides is 3. The maximum atomic E-state index is 12.5. The lowest BCUT2D eigenvalue weighted by Gasteiger charge is -2.18. The zero-order valence-corrected chi connectivity index (χ0v) is 9.53. The molecule has 0 aliphatic carbocycles. The maximum Gasteiger partial charge on any atom is 0.400 e. The molecule has 1 aromatic heterocycles. The molecule has 1 heterocycles. The van der Waals surface area contributed by atoms with Gasteiger partial charge in [-0.3, -0.25) is 0 Å². The van der Waals surface area contributed by atoms with Gasteiger partial charge in [-0.05, 0) is 6.92 Å². The minimum Gasteiger partial charge on any atom is -0.445 e. The monoisotopic (exact) mass is 266 g/mol. The van der Waals surface area contributed by atoms with Gasteiger partial charge in [0.2, 0.25) is 5.89 Å². The van der Waals surface area contributed by atoms with E-state index >= 15 is 0 Å². The highest BCUT2D eigenvalue weighted by molar-refractivity contribution is 5.83. The van der Waals surface area contributed by atoms with Crippen molar-refractivity contribution in [2.24, 2.45) is 16.8 Å². The Morgan fingerprint density at radius 2 is 2.33 bits per heavy atom. The van der Waals surface area contributed by atoms with E-state index in [-0.39, 0.29) is 12.4 Å². The van der Waals surface area contributed by atoms with E-state index in [2.05, 4.69) is 15.5 Å². The number of nitrogens with one attached hydrogen (secondary N) is 1. The van der Waals surface area contributed by atoms with Crippen molar-refractivity contribution in [3.05, 3.63) is 17.8 Å². The molecule has 9 heteroatoms. The third kappa shape index (κ3) is 3.91. The second kappa shape index (κ2) is 5.71. The van der Waals surface area contributed by atoms with Crippen LogP contribution in [0.3, 0.4) is 0 Å². The van der Waals surface area contributed by atoms with Gasteiger partial charge < -0.3 is 20.7 Å². The lowest BCUT2D eigenvalue weighted by Crippen LogP contribution is -2.42. The number of rotatable bonds is 5. The second-order valence-corrected chi connectivity index (χ2v) is 3.61. The summed E-state index contributed by atoms with van der Waals surface area (Å²) in [5, 5.41) is 13.2. The Balaban J connectivity index is 2.53. The van der Waals surface area contributed by atoms with Crippen molar-refractivity contribution in [1.82, 2.24) is 10.3 Å². The lowest BCUT2D eigenvalue weighted by atomic mass is 10.1. The second-order valence-electron chi connectivity index (χ2n) is 3.61. The minimum atomic E-state index is -4.59. The Labute approximate surface area is 101 Å². The molecule has 0 saturated heterocycles. The van der Waals surface area contributed by atoms with Gasteiger partial charge >= 0.3 is 6.18 Å². The fraction of sp³-hybridized carbons (Fsp3) is 0.556. The number of aryl methyl sites for hydroxylation is 1. The molecule has 6 nitrogen and oxygen atoms in total. The number of aromatic nitrogens is 1. The Bertz CT molecular complexity index is 416. The van der Waals surface area contributed by atoms with Crippen LogP contribution in [-0.2, 0) is 6.54 Å². The summed E-state index contributed by atoms with van der Waals surface area (Å²) in [5.41, 5.74) is 4.99. The third-order valence-corrected chi connectivity index (χ3v) is 2.16. The maximum absolute atomic E-state index is 12.5. The first-order chi connectivity index (χ1) is 8.34. The number of hydrogen-bond donors (Lipinski definition) is 3. The Morgan fingerprint density at radius 1 is 1.67 bits per heavy atom. The highest BCUT2D eigenvalue weighted by atomic mass is 19.4. The average Bonchev–Trinajstić information content (AvgIpc) is 2.68. The highest BCUT2D eigenvalue weighted by Gasteiger charge is 2.42. The fourth-order valence-electron chi connectivity index (χ4n) is 1.26. The zero-order chi connectivity index (χ0) is 13.8. The molecule has 0 aliphatic heterocycles. The van der Waals surface area contributed by atoms with Gasteiger partial charge in [0, 0.05) is 6.54 Å². The van der Waals surface area contributed by atoms with E-state index in [0.29, 0.717) is 5.76 Å². The first kappa shape index (κ1) is 14.3. The molecule has 4 N–H and O–H groups in total. The smallest absolute Gasteiger partial charge is 0.400 e. The number of halogens is 3. The summed E-state index contributed by atoms with van der Waals surface area (Å²) in [6, 6.07) is 0. The van der Waals surface area contributed by atoms with Crippen molar-refractivity contribution < 1.29 is 22.8 Å². The van der Waals surface area contributed by atoms with Gasteiger partial charge in [0.15, 0.2) is 5.84 Å². The zero-order valence-electron chi connectivity index (χ0n) is 9.53. The van der Waals surface area contributed by atoms with Crippen molar-refractivity contribution in [3.8, 4) is 0 Å². The molecule has 0 bridgehead atoms. The summed E-state index contributed by atoms with van der Waals surface area (Å²) in [4.78, 5) is 3.82. The van der Waals surface area contributed by atoms with Crippen LogP contribution in [0.2, 0.25) is 0 Å². The highest BCUT2D eigenvalue weighted by Crippen LogP contribution is 2.25. The van der Waals surface area contributed by atoms with Crippen molar-refractivity contribution in [2.45, 2.75) is 19.6 Å². The number of nitrogens with two attached hydrogens (primary N) is 1. The van der Waals surface area contributed by atoms with Crippen LogP contribution < -0.4 is 11.1 Å². The Hall–Kier alpha value is -1.77. The molecule has 1 atom stereocenters. The standard InChI is InChI=1S/C9H13F3N4O2/c1-5-2-15-7(18-5)4-14-3-6(8(13)16-17)9(10,11)12/h2,6,14,17H,3-4H2,1H3,(H2,13,16). The molecule has 102 valence electrons. The number of oxime groups is 1. The normalized spacial score (nSPS) is 14.8. The summed E-state index contributed by atoms with van der Waals surface area (Å²) < 4.78 is 42.7. The van der Waals surface area contributed by atoms with Crippen LogP contribution in [0.25, 0.3) is 0 Å². The van der Waals surface area contributed by atoms with Crippen molar-refractivity contribution in [1.29, 1.82) is 0 Å². The topological polar surface area (TPSA) is 96.7 Å². The molecule has 18 heavy (non-hydrogen) atoms. The molecule has 0 saturated carbocycles. The molecule has 1 unspecified atom stereocenters.